The van der Waals surface area contributed by atoms with E-state index < -0.39 is 0 Å². The average molecular weight is 281 g/mol. The Morgan fingerprint density at radius 2 is 2.00 bits per heavy atom. The standard InChI is InChI=1S/C15H27N3O2/c1-8-9(2)14(15(19)20-7)16-10(3)13-11(4)17-18(6)12(13)5/h9-10,14,16H,8H2,1-7H3. The predicted octanol–water partition coefficient (Wildman–Crippen LogP) is 2.28. The van der Waals surface area contributed by atoms with Gasteiger partial charge in [0.05, 0.1) is 12.8 Å². The van der Waals surface area contributed by atoms with Crippen LogP contribution in [0.25, 0.3) is 0 Å². The number of rotatable bonds is 6. The van der Waals surface area contributed by atoms with E-state index in [2.05, 4.69) is 31.2 Å². The van der Waals surface area contributed by atoms with Crippen molar-refractivity contribution in [1.82, 2.24) is 15.1 Å². The highest BCUT2D eigenvalue weighted by Crippen LogP contribution is 2.23. The van der Waals surface area contributed by atoms with Gasteiger partial charge in [-0.15, -0.1) is 0 Å². The highest BCUT2D eigenvalue weighted by molar-refractivity contribution is 5.76. The van der Waals surface area contributed by atoms with Gasteiger partial charge in [-0.2, -0.15) is 5.10 Å². The highest BCUT2D eigenvalue weighted by Gasteiger charge is 2.28. The van der Waals surface area contributed by atoms with Gasteiger partial charge in [-0.3, -0.25) is 14.8 Å². The summed E-state index contributed by atoms with van der Waals surface area (Å²) in [5.74, 6) is 0.0209. The maximum absolute atomic E-state index is 11.9. The van der Waals surface area contributed by atoms with E-state index in [0.717, 1.165) is 23.4 Å². The number of hydrogen-bond donors (Lipinski definition) is 1. The lowest BCUT2D eigenvalue weighted by Gasteiger charge is -2.26. The molecule has 0 amide bonds. The van der Waals surface area contributed by atoms with Gasteiger partial charge in [0.1, 0.15) is 6.04 Å². The third-order valence-corrected chi connectivity index (χ3v) is 4.10. The lowest BCUT2D eigenvalue weighted by atomic mass is 9.96. The Labute approximate surface area is 121 Å². The summed E-state index contributed by atoms with van der Waals surface area (Å²) in [5.41, 5.74) is 3.28. The van der Waals surface area contributed by atoms with E-state index in [9.17, 15) is 4.79 Å². The Kier molecular flexibility index (Phi) is 5.74. The van der Waals surface area contributed by atoms with Gasteiger partial charge >= 0.3 is 5.97 Å². The maximum Gasteiger partial charge on any atom is 0.323 e. The maximum atomic E-state index is 11.9. The first-order chi connectivity index (χ1) is 9.33. The van der Waals surface area contributed by atoms with Gasteiger partial charge < -0.3 is 4.74 Å². The van der Waals surface area contributed by atoms with E-state index in [4.69, 9.17) is 4.74 Å². The minimum absolute atomic E-state index is 0.0572. The second kappa shape index (κ2) is 6.88. The van der Waals surface area contributed by atoms with Gasteiger partial charge in [-0.1, -0.05) is 20.3 Å². The SMILES string of the molecule is CCC(C)C(NC(C)c1c(C)nn(C)c1C)C(=O)OC. The summed E-state index contributed by atoms with van der Waals surface area (Å²) in [4.78, 5) is 11.9. The van der Waals surface area contributed by atoms with E-state index >= 15 is 0 Å². The van der Waals surface area contributed by atoms with Crippen molar-refractivity contribution in [2.75, 3.05) is 7.11 Å². The number of ether oxygens (including phenoxy) is 1. The fraction of sp³-hybridized carbons (Fsp3) is 0.733. The van der Waals surface area contributed by atoms with Crippen LogP contribution in [0.1, 0.15) is 50.2 Å². The first kappa shape index (κ1) is 16.7. The zero-order valence-electron chi connectivity index (χ0n) is 13.7. The Hall–Kier alpha value is -1.36. The average Bonchev–Trinajstić information content (AvgIpc) is 2.67. The number of methoxy groups -OCH3 is 1. The van der Waals surface area contributed by atoms with Crippen molar-refractivity contribution in [3.63, 3.8) is 0 Å². The molecule has 1 heterocycles. The van der Waals surface area contributed by atoms with Gasteiger partial charge in [0.15, 0.2) is 0 Å². The van der Waals surface area contributed by atoms with E-state index in [0.29, 0.717) is 0 Å². The minimum Gasteiger partial charge on any atom is -0.468 e. The van der Waals surface area contributed by atoms with Crippen LogP contribution in [0.5, 0.6) is 0 Å². The number of esters is 1. The molecule has 0 fully saturated rings. The molecule has 0 aliphatic rings. The third-order valence-electron chi connectivity index (χ3n) is 4.10. The van der Waals surface area contributed by atoms with Crippen LogP contribution in [-0.2, 0) is 16.6 Å². The number of carbonyl (C=O) groups excluding carboxylic acids is 1. The monoisotopic (exact) mass is 281 g/mol. The second-order valence-corrected chi connectivity index (χ2v) is 5.48. The van der Waals surface area contributed by atoms with Crippen molar-refractivity contribution in [3.05, 3.63) is 17.0 Å². The third kappa shape index (κ3) is 3.39. The molecule has 0 bridgehead atoms. The van der Waals surface area contributed by atoms with Crippen LogP contribution in [0.15, 0.2) is 0 Å². The zero-order valence-corrected chi connectivity index (χ0v) is 13.7. The molecule has 114 valence electrons. The Morgan fingerprint density at radius 3 is 2.40 bits per heavy atom. The lowest BCUT2D eigenvalue weighted by Crippen LogP contribution is -2.43. The molecule has 3 atom stereocenters. The molecule has 3 unspecified atom stereocenters. The Morgan fingerprint density at radius 1 is 1.40 bits per heavy atom. The molecule has 0 spiro atoms. The fourth-order valence-electron chi connectivity index (χ4n) is 2.60. The lowest BCUT2D eigenvalue weighted by molar-refractivity contribution is -0.144. The summed E-state index contributed by atoms with van der Waals surface area (Å²) in [5, 5.41) is 7.83. The summed E-state index contributed by atoms with van der Waals surface area (Å²) in [6.07, 6.45) is 0.921. The number of nitrogens with one attached hydrogen (secondary N) is 1. The molecular formula is C15H27N3O2. The molecule has 1 rings (SSSR count). The summed E-state index contributed by atoms with van der Waals surface area (Å²) in [6.45, 7) is 10.2. The van der Waals surface area contributed by atoms with Crippen molar-refractivity contribution in [2.45, 2.75) is 53.1 Å². The summed E-state index contributed by atoms with van der Waals surface area (Å²) >= 11 is 0. The molecule has 0 saturated heterocycles. The number of nitrogens with zero attached hydrogens (tertiary/aromatic N) is 2. The van der Waals surface area contributed by atoms with E-state index in [1.165, 1.54) is 7.11 Å². The molecule has 1 N–H and O–H groups in total. The van der Waals surface area contributed by atoms with Crippen LogP contribution in [-0.4, -0.2) is 28.9 Å². The van der Waals surface area contributed by atoms with Crippen molar-refractivity contribution < 1.29 is 9.53 Å². The number of aryl methyl sites for hydroxylation is 2. The summed E-state index contributed by atoms with van der Waals surface area (Å²) in [7, 11) is 3.37. The zero-order chi connectivity index (χ0) is 15.4. The summed E-state index contributed by atoms with van der Waals surface area (Å²) in [6, 6.07) is -0.235. The first-order valence-electron chi connectivity index (χ1n) is 7.17. The Bertz CT molecular complexity index is 468. The van der Waals surface area contributed by atoms with Crippen LogP contribution in [0.2, 0.25) is 0 Å². The van der Waals surface area contributed by atoms with Crippen LogP contribution in [0.4, 0.5) is 0 Å². The normalized spacial score (nSPS) is 15.8. The first-order valence-corrected chi connectivity index (χ1v) is 7.17. The van der Waals surface area contributed by atoms with Gasteiger partial charge in [0, 0.05) is 24.3 Å². The molecule has 0 aliphatic carbocycles. The number of hydrogen-bond acceptors (Lipinski definition) is 4. The minimum atomic E-state index is -0.293. The van der Waals surface area contributed by atoms with Gasteiger partial charge in [0.2, 0.25) is 0 Å². The molecule has 0 radical (unpaired) electrons. The smallest absolute Gasteiger partial charge is 0.323 e. The van der Waals surface area contributed by atoms with Crippen LogP contribution < -0.4 is 5.32 Å². The molecule has 0 aliphatic heterocycles. The topological polar surface area (TPSA) is 56.2 Å². The largest absolute Gasteiger partial charge is 0.468 e. The van der Waals surface area contributed by atoms with Crippen LogP contribution in [0.3, 0.4) is 0 Å². The van der Waals surface area contributed by atoms with Crippen molar-refractivity contribution in [3.8, 4) is 0 Å². The molecule has 1 aromatic rings. The molecular weight excluding hydrogens is 254 g/mol. The molecule has 5 heteroatoms. The van der Waals surface area contributed by atoms with Crippen LogP contribution in [0, 0.1) is 19.8 Å². The predicted molar refractivity (Wildman–Crippen MR) is 79.5 cm³/mol. The van der Waals surface area contributed by atoms with Crippen molar-refractivity contribution in [1.29, 1.82) is 0 Å². The highest BCUT2D eigenvalue weighted by atomic mass is 16.5. The summed E-state index contributed by atoms with van der Waals surface area (Å²) < 4.78 is 6.79. The van der Waals surface area contributed by atoms with Crippen molar-refractivity contribution >= 4 is 5.97 Å². The molecule has 5 nitrogen and oxygen atoms in total. The fourth-order valence-corrected chi connectivity index (χ4v) is 2.60. The van der Waals surface area contributed by atoms with Gasteiger partial charge in [0.25, 0.3) is 0 Å². The molecule has 0 saturated carbocycles. The number of carbonyl (C=O) groups is 1. The quantitative estimate of drug-likeness (QED) is 0.813. The van der Waals surface area contributed by atoms with Gasteiger partial charge in [-0.25, -0.2) is 0 Å². The number of aromatic nitrogens is 2. The van der Waals surface area contributed by atoms with Crippen molar-refractivity contribution in [2.24, 2.45) is 13.0 Å². The van der Waals surface area contributed by atoms with E-state index in [-0.39, 0.29) is 24.0 Å². The Balaban J connectivity index is 2.96. The second-order valence-electron chi connectivity index (χ2n) is 5.48. The molecule has 20 heavy (non-hydrogen) atoms. The van der Waals surface area contributed by atoms with E-state index in [1.807, 2.05) is 25.6 Å². The van der Waals surface area contributed by atoms with Gasteiger partial charge in [-0.05, 0) is 26.7 Å². The van der Waals surface area contributed by atoms with Crippen LogP contribution >= 0.6 is 0 Å². The molecule has 0 aromatic carbocycles. The molecule has 1 aromatic heterocycles. The van der Waals surface area contributed by atoms with E-state index in [1.54, 1.807) is 0 Å².